The van der Waals surface area contributed by atoms with Gasteiger partial charge in [-0.25, -0.2) is 4.79 Å². The average molecular weight is 390 g/mol. The topological polar surface area (TPSA) is 69.9 Å². The molecule has 7 heteroatoms. The summed E-state index contributed by atoms with van der Waals surface area (Å²) >= 11 is 1.48. The van der Waals surface area contributed by atoms with E-state index in [0.29, 0.717) is 17.0 Å². The average Bonchev–Trinajstić information content (AvgIpc) is 3.15. The molecular weight excluding hydrogens is 372 g/mol. The third-order valence-electron chi connectivity index (χ3n) is 4.43. The van der Waals surface area contributed by atoms with Crippen LogP contribution in [0.3, 0.4) is 0 Å². The van der Waals surface area contributed by atoms with E-state index in [-0.39, 0.29) is 0 Å². The predicted molar refractivity (Wildman–Crippen MR) is 109 cm³/mol. The Hall–Kier alpha value is -3.19. The molecule has 28 heavy (non-hydrogen) atoms. The van der Waals surface area contributed by atoms with E-state index in [4.69, 9.17) is 9.72 Å². The van der Waals surface area contributed by atoms with Gasteiger partial charge in [0.1, 0.15) is 6.33 Å². The van der Waals surface area contributed by atoms with E-state index in [1.165, 1.54) is 18.9 Å². The molecule has 0 aliphatic heterocycles. The number of carbonyl (C=O) groups excluding carboxylic acids is 1. The van der Waals surface area contributed by atoms with Crippen LogP contribution in [0.5, 0.6) is 0 Å². The van der Waals surface area contributed by atoms with Gasteiger partial charge in [0.15, 0.2) is 5.16 Å². The lowest BCUT2D eigenvalue weighted by Crippen LogP contribution is -2.10. The minimum Gasteiger partial charge on any atom is -0.465 e. The number of para-hydroxylation sites is 1. The molecule has 0 saturated carbocycles. The number of ether oxygens (including phenoxy) is 1. The maximum Gasteiger partial charge on any atom is 0.340 e. The second kappa shape index (κ2) is 7.82. The van der Waals surface area contributed by atoms with E-state index >= 15 is 0 Å². The van der Waals surface area contributed by atoms with Crippen LogP contribution in [0.4, 0.5) is 0 Å². The molecule has 0 atom stereocenters. The number of hydrogen-bond acceptors (Lipinski definition) is 6. The highest BCUT2D eigenvalue weighted by atomic mass is 32.2. The van der Waals surface area contributed by atoms with Crippen LogP contribution in [0.1, 0.15) is 16.1 Å². The predicted octanol–water partition coefficient (Wildman–Crippen LogP) is 4.11. The number of carbonyl (C=O) groups is 1. The van der Waals surface area contributed by atoms with Gasteiger partial charge >= 0.3 is 5.97 Å². The molecule has 0 aliphatic rings. The number of nitrogens with zero attached hydrogens (tertiary/aromatic N) is 4. The maximum atomic E-state index is 12.8. The summed E-state index contributed by atoms with van der Waals surface area (Å²) in [4.78, 5) is 17.6. The minimum atomic E-state index is -0.398. The largest absolute Gasteiger partial charge is 0.465 e. The van der Waals surface area contributed by atoms with Crippen molar-refractivity contribution in [1.29, 1.82) is 0 Å². The summed E-state index contributed by atoms with van der Waals surface area (Å²) in [5.41, 5.74) is 3.78. The van der Waals surface area contributed by atoms with Gasteiger partial charge in [0, 0.05) is 23.8 Å². The number of esters is 1. The molecule has 0 fully saturated rings. The molecule has 140 valence electrons. The third-order valence-corrected chi connectivity index (χ3v) is 5.47. The number of aromatic nitrogens is 4. The number of rotatable bonds is 5. The van der Waals surface area contributed by atoms with Gasteiger partial charge in [-0.1, -0.05) is 60.3 Å². The molecule has 0 unspecified atom stereocenters. The molecule has 0 N–H and O–H groups in total. The number of methoxy groups -OCH3 is 1. The molecule has 0 saturated heterocycles. The van der Waals surface area contributed by atoms with E-state index in [1.54, 1.807) is 6.33 Å². The summed E-state index contributed by atoms with van der Waals surface area (Å²) in [6, 6.07) is 17.7. The van der Waals surface area contributed by atoms with Gasteiger partial charge in [-0.15, -0.1) is 10.2 Å². The fraction of sp³-hybridized carbons (Fsp3) is 0.143. The van der Waals surface area contributed by atoms with Gasteiger partial charge in [-0.3, -0.25) is 4.98 Å². The molecular formula is C21H18N4O2S. The summed E-state index contributed by atoms with van der Waals surface area (Å²) in [5.74, 6) is 0.0763. The molecule has 0 radical (unpaired) electrons. The van der Waals surface area contributed by atoms with Crippen molar-refractivity contribution >= 4 is 28.6 Å². The molecule has 2 aromatic carbocycles. The maximum absolute atomic E-state index is 12.8. The van der Waals surface area contributed by atoms with Gasteiger partial charge < -0.3 is 9.30 Å². The van der Waals surface area contributed by atoms with Gasteiger partial charge in [0.05, 0.1) is 23.9 Å². The molecule has 2 heterocycles. The molecule has 2 aromatic heterocycles. The Balaban J connectivity index is 1.93. The third kappa shape index (κ3) is 3.36. The normalized spacial score (nSPS) is 10.9. The fourth-order valence-corrected chi connectivity index (χ4v) is 3.96. The van der Waals surface area contributed by atoms with Gasteiger partial charge in [-0.05, 0) is 11.6 Å². The highest BCUT2D eigenvalue weighted by molar-refractivity contribution is 7.98. The highest BCUT2D eigenvalue weighted by Crippen LogP contribution is 2.35. The van der Waals surface area contributed by atoms with E-state index in [2.05, 4.69) is 10.2 Å². The Morgan fingerprint density at radius 1 is 1.11 bits per heavy atom. The van der Waals surface area contributed by atoms with Gasteiger partial charge in [0.2, 0.25) is 0 Å². The first-order valence-electron chi connectivity index (χ1n) is 8.71. The van der Waals surface area contributed by atoms with Crippen molar-refractivity contribution in [2.24, 2.45) is 7.05 Å². The van der Waals surface area contributed by atoms with Crippen LogP contribution in [0.25, 0.3) is 22.0 Å². The molecule has 0 amide bonds. The van der Waals surface area contributed by atoms with Crippen molar-refractivity contribution in [3.63, 3.8) is 0 Å². The van der Waals surface area contributed by atoms with Crippen LogP contribution in [0.2, 0.25) is 0 Å². The fourth-order valence-electron chi connectivity index (χ4n) is 3.13. The van der Waals surface area contributed by atoms with E-state index in [1.807, 2.05) is 66.2 Å². The summed E-state index contributed by atoms with van der Waals surface area (Å²) < 4.78 is 6.96. The lowest BCUT2D eigenvalue weighted by Gasteiger charge is -2.16. The second-order valence-electron chi connectivity index (χ2n) is 6.20. The van der Waals surface area contributed by atoms with Crippen LogP contribution in [-0.2, 0) is 17.5 Å². The van der Waals surface area contributed by atoms with Crippen LogP contribution in [-0.4, -0.2) is 32.8 Å². The molecule has 0 aliphatic carbocycles. The standard InChI is InChI=1S/C21H18N4O2S/c1-25-13-22-24-21(25)28-12-17-19(20(26)27-2)18(14-8-4-3-5-9-14)15-10-6-7-11-16(15)23-17/h3-11,13H,12H2,1-2H3. The Bertz CT molecular complexity index is 1140. The zero-order valence-electron chi connectivity index (χ0n) is 15.5. The zero-order chi connectivity index (χ0) is 19.5. The SMILES string of the molecule is COC(=O)c1c(CSc2nncn2C)nc2ccccc2c1-c1ccccc1. The van der Waals surface area contributed by atoms with Crippen LogP contribution in [0.15, 0.2) is 66.1 Å². The molecule has 0 bridgehead atoms. The number of hydrogen-bond donors (Lipinski definition) is 0. The van der Waals surface area contributed by atoms with Crippen LogP contribution >= 0.6 is 11.8 Å². The van der Waals surface area contributed by atoms with E-state index in [9.17, 15) is 4.79 Å². The molecule has 0 spiro atoms. The first-order chi connectivity index (χ1) is 13.7. The Morgan fingerprint density at radius 2 is 1.86 bits per heavy atom. The van der Waals surface area contributed by atoms with Crippen molar-refractivity contribution in [3.8, 4) is 11.1 Å². The molecule has 4 rings (SSSR count). The Kier molecular flexibility index (Phi) is 5.08. The number of fused-ring (bicyclic) bond motifs is 1. The van der Waals surface area contributed by atoms with Crippen molar-refractivity contribution in [3.05, 3.63) is 72.2 Å². The minimum absolute atomic E-state index is 0.398. The first-order valence-corrected chi connectivity index (χ1v) is 9.69. The van der Waals surface area contributed by atoms with Crippen molar-refractivity contribution in [2.45, 2.75) is 10.9 Å². The number of pyridine rings is 1. The Morgan fingerprint density at radius 3 is 2.57 bits per heavy atom. The zero-order valence-corrected chi connectivity index (χ0v) is 16.3. The van der Waals surface area contributed by atoms with E-state index < -0.39 is 5.97 Å². The van der Waals surface area contributed by atoms with Crippen LogP contribution in [0, 0.1) is 0 Å². The number of thioether (sulfide) groups is 1. The summed E-state index contributed by atoms with van der Waals surface area (Å²) in [6.45, 7) is 0. The monoisotopic (exact) mass is 390 g/mol. The van der Waals surface area contributed by atoms with E-state index in [0.717, 1.165) is 27.2 Å². The van der Waals surface area contributed by atoms with Gasteiger partial charge in [0.25, 0.3) is 0 Å². The molecule has 4 aromatic rings. The number of aryl methyl sites for hydroxylation is 1. The highest BCUT2D eigenvalue weighted by Gasteiger charge is 2.23. The van der Waals surface area contributed by atoms with Crippen LogP contribution < -0.4 is 0 Å². The molecule has 6 nitrogen and oxygen atoms in total. The second-order valence-corrected chi connectivity index (χ2v) is 7.14. The quantitative estimate of drug-likeness (QED) is 0.377. The lowest BCUT2D eigenvalue weighted by atomic mass is 9.94. The first kappa shape index (κ1) is 18.2. The Labute approximate surface area is 166 Å². The smallest absolute Gasteiger partial charge is 0.340 e. The lowest BCUT2D eigenvalue weighted by molar-refractivity contribution is 0.0600. The number of benzene rings is 2. The van der Waals surface area contributed by atoms with Crippen molar-refractivity contribution in [1.82, 2.24) is 19.7 Å². The van der Waals surface area contributed by atoms with Gasteiger partial charge in [-0.2, -0.15) is 0 Å². The van der Waals surface area contributed by atoms with Crippen molar-refractivity contribution in [2.75, 3.05) is 7.11 Å². The summed E-state index contributed by atoms with van der Waals surface area (Å²) in [7, 11) is 3.28. The van der Waals surface area contributed by atoms with Crippen molar-refractivity contribution < 1.29 is 9.53 Å². The summed E-state index contributed by atoms with van der Waals surface area (Å²) in [6.07, 6.45) is 1.65. The summed E-state index contributed by atoms with van der Waals surface area (Å²) in [5, 5.41) is 9.68.